The lowest BCUT2D eigenvalue weighted by atomic mass is 10.0. The fraction of sp³-hybridized carbons (Fsp3) is 0.167. The van der Waals surface area contributed by atoms with Crippen LogP contribution in [-0.2, 0) is 13.1 Å². The Morgan fingerprint density at radius 2 is 1.93 bits per heavy atom. The van der Waals surface area contributed by atoms with Crippen molar-refractivity contribution in [1.29, 1.82) is 0 Å². The molecule has 0 amide bonds. The highest BCUT2D eigenvalue weighted by atomic mass is 16.1. The highest BCUT2D eigenvalue weighted by Gasteiger charge is 2.05. The number of carbonyl (C=O) groups excluding carboxylic acids is 1. The van der Waals surface area contributed by atoms with E-state index < -0.39 is 0 Å². The van der Waals surface area contributed by atoms with Gasteiger partial charge in [0.1, 0.15) is 0 Å². The van der Waals surface area contributed by atoms with Crippen LogP contribution in [0.5, 0.6) is 0 Å². The molecule has 4 heteroatoms. The van der Waals surface area contributed by atoms with Gasteiger partial charge in [-0.2, -0.15) is 0 Å². The smallest absolute Gasteiger partial charge is 0.185 e. The zero-order valence-electron chi connectivity index (χ0n) is 16.3. The maximum Gasteiger partial charge on any atom is 0.185 e. The number of hydrogen-bond acceptors (Lipinski definition) is 4. The van der Waals surface area contributed by atoms with Crippen LogP contribution in [-0.4, -0.2) is 29.8 Å². The summed E-state index contributed by atoms with van der Waals surface area (Å²) in [6.07, 6.45) is 7.13. The van der Waals surface area contributed by atoms with Crippen LogP contribution in [0.1, 0.15) is 27.0 Å². The number of anilines is 1. The van der Waals surface area contributed by atoms with Gasteiger partial charge in [-0.3, -0.25) is 9.78 Å². The molecule has 1 N–H and O–H groups in total. The summed E-state index contributed by atoms with van der Waals surface area (Å²) in [5.41, 5.74) is 4.93. The lowest BCUT2D eigenvalue weighted by molar-refractivity contribution is 0.104. The quantitative estimate of drug-likeness (QED) is 0.462. The Kier molecular flexibility index (Phi) is 6.71. The van der Waals surface area contributed by atoms with Crippen molar-refractivity contribution in [2.45, 2.75) is 13.1 Å². The maximum absolute atomic E-state index is 12.6. The summed E-state index contributed by atoms with van der Waals surface area (Å²) in [6.45, 7) is 1.50. The van der Waals surface area contributed by atoms with Crippen molar-refractivity contribution in [1.82, 2.24) is 9.88 Å². The maximum atomic E-state index is 12.6. The third-order valence-electron chi connectivity index (χ3n) is 4.32. The van der Waals surface area contributed by atoms with Crippen LogP contribution in [0.3, 0.4) is 0 Å². The summed E-state index contributed by atoms with van der Waals surface area (Å²) in [7, 11) is 4.07. The highest BCUT2D eigenvalue weighted by molar-refractivity contribution is 6.07. The minimum Gasteiger partial charge on any atom is -0.381 e. The number of rotatable bonds is 8. The van der Waals surface area contributed by atoms with Gasteiger partial charge in [-0.05, 0) is 55.1 Å². The van der Waals surface area contributed by atoms with E-state index in [1.807, 2.05) is 81.0 Å². The van der Waals surface area contributed by atoms with Crippen molar-refractivity contribution in [3.05, 3.63) is 101 Å². The summed E-state index contributed by atoms with van der Waals surface area (Å²) in [5, 5.41) is 3.34. The van der Waals surface area contributed by atoms with Crippen LogP contribution < -0.4 is 5.32 Å². The Labute approximate surface area is 166 Å². The minimum absolute atomic E-state index is 0.00955. The summed E-state index contributed by atoms with van der Waals surface area (Å²) in [5.74, 6) is -0.00955. The minimum atomic E-state index is -0.00955. The van der Waals surface area contributed by atoms with Crippen LogP contribution in [0.4, 0.5) is 5.69 Å². The monoisotopic (exact) mass is 371 g/mol. The van der Waals surface area contributed by atoms with Crippen molar-refractivity contribution < 1.29 is 4.79 Å². The fourth-order valence-electron chi connectivity index (χ4n) is 2.93. The molecule has 1 aromatic heterocycles. The second-order valence-electron chi connectivity index (χ2n) is 6.93. The zero-order valence-corrected chi connectivity index (χ0v) is 16.3. The topological polar surface area (TPSA) is 45.2 Å². The first-order valence-corrected chi connectivity index (χ1v) is 9.30. The van der Waals surface area contributed by atoms with Gasteiger partial charge in [0.05, 0.1) is 0 Å². The molecule has 3 aromatic rings. The van der Waals surface area contributed by atoms with Gasteiger partial charge in [-0.25, -0.2) is 0 Å². The Hall–Kier alpha value is -3.24. The summed E-state index contributed by atoms with van der Waals surface area (Å²) in [4.78, 5) is 18.9. The van der Waals surface area contributed by atoms with E-state index in [-0.39, 0.29) is 5.78 Å². The van der Waals surface area contributed by atoms with Gasteiger partial charge in [-0.1, -0.05) is 48.5 Å². The molecule has 0 aliphatic heterocycles. The van der Waals surface area contributed by atoms with Crippen LogP contribution in [0, 0.1) is 0 Å². The Morgan fingerprint density at radius 3 is 2.71 bits per heavy atom. The van der Waals surface area contributed by atoms with E-state index in [4.69, 9.17) is 0 Å². The number of benzene rings is 2. The largest absolute Gasteiger partial charge is 0.381 e. The zero-order chi connectivity index (χ0) is 19.8. The number of nitrogens with one attached hydrogen (secondary N) is 1. The summed E-state index contributed by atoms with van der Waals surface area (Å²) < 4.78 is 0. The molecular weight excluding hydrogens is 346 g/mol. The molecule has 4 nitrogen and oxygen atoms in total. The third kappa shape index (κ3) is 5.63. The molecule has 0 bridgehead atoms. The molecule has 3 rings (SSSR count). The molecule has 0 spiro atoms. The van der Waals surface area contributed by atoms with E-state index in [0.29, 0.717) is 12.1 Å². The predicted molar refractivity (Wildman–Crippen MR) is 115 cm³/mol. The van der Waals surface area contributed by atoms with Crippen molar-refractivity contribution in [2.24, 2.45) is 0 Å². The van der Waals surface area contributed by atoms with E-state index in [2.05, 4.69) is 21.3 Å². The van der Waals surface area contributed by atoms with Gasteiger partial charge < -0.3 is 10.2 Å². The van der Waals surface area contributed by atoms with Crippen LogP contribution in [0.15, 0.2) is 79.1 Å². The second kappa shape index (κ2) is 9.62. The van der Waals surface area contributed by atoms with Crippen molar-refractivity contribution in [3.8, 4) is 0 Å². The predicted octanol–water partition coefficient (Wildman–Crippen LogP) is 4.65. The van der Waals surface area contributed by atoms with Gasteiger partial charge in [0, 0.05) is 36.7 Å². The SMILES string of the molecule is CN(C)Cc1ccccc1C=CC(=O)c1cccc(NCc2cccnc2)c1. The highest BCUT2D eigenvalue weighted by Crippen LogP contribution is 2.16. The Bertz CT molecular complexity index is 949. The Balaban J connectivity index is 1.69. The van der Waals surface area contributed by atoms with Gasteiger partial charge in [-0.15, -0.1) is 0 Å². The van der Waals surface area contributed by atoms with Crippen molar-refractivity contribution in [2.75, 3.05) is 19.4 Å². The lowest BCUT2D eigenvalue weighted by Gasteiger charge is -2.12. The molecule has 0 fully saturated rings. The molecule has 0 saturated carbocycles. The first-order valence-electron chi connectivity index (χ1n) is 9.30. The number of aromatic nitrogens is 1. The third-order valence-corrected chi connectivity index (χ3v) is 4.32. The number of pyridine rings is 1. The second-order valence-corrected chi connectivity index (χ2v) is 6.93. The molecule has 1 heterocycles. The van der Waals surface area contributed by atoms with Crippen LogP contribution in [0.25, 0.3) is 6.08 Å². The average Bonchev–Trinajstić information content (AvgIpc) is 2.72. The van der Waals surface area contributed by atoms with Crippen molar-refractivity contribution in [3.63, 3.8) is 0 Å². The molecule has 142 valence electrons. The number of carbonyl (C=O) groups is 1. The average molecular weight is 371 g/mol. The molecular formula is C24H25N3O. The molecule has 0 unspecified atom stereocenters. The van der Waals surface area contributed by atoms with Crippen LogP contribution >= 0.6 is 0 Å². The number of allylic oxidation sites excluding steroid dienone is 1. The summed E-state index contributed by atoms with van der Waals surface area (Å²) in [6, 6.07) is 19.7. The molecule has 0 aliphatic carbocycles. The Morgan fingerprint density at radius 1 is 1.07 bits per heavy atom. The van der Waals surface area contributed by atoms with Gasteiger partial charge >= 0.3 is 0 Å². The number of hydrogen-bond donors (Lipinski definition) is 1. The van der Waals surface area contributed by atoms with E-state index >= 15 is 0 Å². The molecule has 28 heavy (non-hydrogen) atoms. The standard InChI is InChI=1S/C24H25N3O/c1-27(2)18-22-9-4-3-8-20(22)12-13-24(28)21-10-5-11-23(15-21)26-17-19-7-6-14-25-16-19/h3-16,26H,17-18H2,1-2H3. The molecule has 0 atom stereocenters. The molecule has 0 radical (unpaired) electrons. The first-order chi connectivity index (χ1) is 13.6. The van der Waals surface area contributed by atoms with Gasteiger partial charge in [0.2, 0.25) is 0 Å². The lowest BCUT2D eigenvalue weighted by Crippen LogP contribution is -2.11. The summed E-state index contributed by atoms with van der Waals surface area (Å²) >= 11 is 0. The fourth-order valence-corrected chi connectivity index (χ4v) is 2.93. The first kappa shape index (κ1) is 19.5. The van der Waals surface area contributed by atoms with E-state index in [9.17, 15) is 4.79 Å². The molecule has 2 aromatic carbocycles. The van der Waals surface area contributed by atoms with E-state index in [0.717, 1.165) is 23.4 Å². The number of nitrogens with zero attached hydrogens (tertiary/aromatic N) is 2. The van der Waals surface area contributed by atoms with E-state index in [1.54, 1.807) is 12.3 Å². The van der Waals surface area contributed by atoms with Crippen molar-refractivity contribution >= 4 is 17.5 Å². The normalized spacial score (nSPS) is 11.1. The molecule has 0 aliphatic rings. The van der Waals surface area contributed by atoms with E-state index in [1.165, 1.54) is 5.56 Å². The van der Waals surface area contributed by atoms with Gasteiger partial charge in [0.25, 0.3) is 0 Å². The number of ketones is 1. The molecule has 0 saturated heterocycles. The van der Waals surface area contributed by atoms with Gasteiger partial charge in [0.15, 0.2) is 5.78 Å². The van der Waals surface area contributed by atoms with Crippen LogP contribution in [0.2, 0.25) is 0 Å².